The van der Waals surface area contributed by atoms with Crippen LogP contribution in [-0.4, -0.2) is 36.1 Å². The van der Waals surface area contributed by atoms with Crippen LogP contribution in [-0.2, 0) is 4.74 Å². The predicted octanol–water partition coefficient (Wildman–Crippen LogP) is 0.976. The fourth-order valence-electron chi connectivity index (χ4n) is 1.15. The highest BCUT2D eigenvalue weighted by Crippen LogP contribution is 2.09. The summed E-state index contributed by atoms with van der Waals surface area (Å²) in [4.78, 5) is 19.7. The van der Waals surface area contributed by atoms with Gasteiger partial charge in [0.15, 0.2) is 0 Å². The van der Waals surface area contributed by atoms with Crippen LogP contribution in [0, 0.1) is 0 Å². The topological polar surface area (TPSA) is 64.1 Å². The zero-order chi connectivity index (χ0) is 12.0. The van der Waals surface area contributed by atoms with Crippen LogP contribution in [0.25, 0.3) is 0 Å². The highest BCUT2D eigenvalue weighted by Gasteiger charge is 2.10. The Hall–Kier alpha value is -1.49. The number of nitrogens with zero attached hydrogens (tertiary/aromatic N) is 2. The number of carbonyl (C=O) groups excluding carboxylic acids is 1. The Kier molecular flexibility index (Phi) is 4.85. The molecule has 0 atom stereocenters. The van der Waals surface area contributed by atoms with E-state index in [9.17, 15) is 4.79 Å². The van der Waals surface area contributed by atoms with E-state index < -0.39 is 0 Å². The van der Waals surface area contributed by atoms with Gasteiger partial charge in [-0.3, -0.25) is 4.79 Å². The lowest BCUT2D eigenvalue weighted by molar-refractivity contribution is 0.0926. The number of nitrogens with one attached hydrogen (secondary N) is 1. The molecule has 0 unspecified atom stereocenters. The van der Waals surface area contributed by atoms with Gasteiger partial charge in [0.25, 0.3) is 5.91 Å². The molecule has 0 aliphatic heterocycles. The largest absolute Gasteiger partial charge is 0.383 e. The quantitative estimate of drug-likeness (QED) is 0.756. The summed E-state index contributed by atoms with van der Waals surface area (Å²) in [5.41, 5.74) is 0.867. The predicted molar refractivity (Wildman–Crippen MR) is 60.3 cm³/mol. The minimum Gasteiger partial charge on any atom is -0.383 e. The number of carbonyl (C=O) groups is 1. The molecule has 88 valence electrons. The van der Waals surface area contributed by atoms with E-state index in [1.807, 2.05) is 19.9 Å². The third-order valence-electron chi connectivity index (χ3n) is 2.06. The molecule has 0 spiro atoms. The van der Waals surface area contributed by atoms with Crippen LogP contribution in [0.1, 0.15) is 36.1 Å². The van der Waals surface area contributed by atoms with Crippen molar-refractivity contribution in [3.05, 3.63) is 23.8 Å². The Labute approximate surface area is 95.3 Å². The molecule has 0 saturated carbocycles. The van der Waals surface area contributed by atoms with Crippen LogP contribution in [0.2, 0.25) is 0 Å². The van der Waals surface area contributed by atoms with Crippen molar-refractivity contribution in [3.8, 4) is 0 Å². The summed E-state index contributed by atoms with van der Waals surface area (Å²) in [5.74, 6) is 0.232. The molecule has 0 bridgehead atoms. The van der Waals surface area contributed by atoms with Gasteiger partial charge in [-0.15, -0.1) is 0 Å². The molecular formula is C11H17N3O2. The summed E-state index contributed by atoms with van der Waals surface area (Å²) in [6.07, 6.45) is 1.60. The van der Waals surface area contributed by atoms with Crippen molar-refractivity contribution in [2.75, 3.05) is 20.3 Å². The van der Waals surface area contributed by atoms with E-state index in [1.54, 1.807) is 13.3 Å². The van der Waals surface area contributed by atoms with Gasteiger partial charge in [0.2, 0.25) is 5.82 Å². The van der Waals surface area contributed by atoms with Gasteiger partial charge in [-0.25, -0.2) is 9.97 Å². The Balaban J connectivity index is 2.64. The summed E-state index contributed by atoms with van der Waals surface area (Å²) in [6.45, 7) is 4.99. The molecule has 0 aliphatic rings. The zero-order valence-corrected chi connectivity index (χ0v) is 9.86. The maximum Gasteiger partial charge on any atom is 0.289 e. The van der Waals surface area contributed by atoms with E-state index >= 15 is 0 Å². The Morgan fingerprint density at radius 2 is 2.31 bits per heavy atom. The first-order valence-electron chi connectivity index (χ1n) is 5.25. The molecule has 1 aromatic rings. The fourth-order valence-corrected chi connectivity index (χ4v) is 1.15. The first-order chi connectivity index (χ1) is 7.65. The number of aromatic nitrogens is 2. The molecule has 1 amide bonds. The summed E-state index contributed by atoms with van der Waals surface area (Å²) in [5, 5.41) is 2.68. The molecule has 0 fully saturated rings. The number of amides is 1. The first-order valence-corrected chi connectivity index (χ1v) is 5.25. The number of ether oxygens (including phenoxy) is 1. The molecule has 0 saturated heterocycles. The van der Waals surface area contributed by atoms with Crippen molar-refractivity contribution in [2.24, 2.45) is 0 Å². The van der Waals surface area contributed by atoms with Gasteiger partial charge in [0.1, 0.15) is 0 Å². The van der Waals surface area contributed by atoms with Gasteiger partial charge < -0.3 is 10.1 Å². The van der Waals surface area contributed by atoms with Crippen molar-refractivity contribution in [1.82, 2.24) is 15.3 Å². The third kappa shape index (κ3) is 3.58. The highest BCUT2D eigenvalue weighted by molar-refractivity contribution is 5.90. The van der Waals surface area contributed by atoms with Crippen LogP contribution in [0.5, 0.6) is 0 Å². The van der Waals surface area contributed by atoms with Crippen LogP contribution in [0.15, 0.2) is 12.3 Å². The number of rotatable bonds is 5. The van der Waals surface area contributed by atoms with Crippen molar-refractivity contribution >= 4 is 5.91 Å². The Morgan fingerprint density at radius 1 is 1.56 bits per heavy atom. The molecule has 0 aromatic carbocycles. The van der Waals surface area contributed by atoms with Crippen molar-refractivity contribution in [3.63, 3.8) is 0 Å². The van der Waals surface area contributed by atoms with Gasteiger partial charge in [-0.1, -0.05) is 13.8 Å². The summed E-state index contributed by atoms with van der Waals surface area (Å²) < 4.78 is 4.83. The molecular weight excluding hydrogens is 206 g/mol. The molecule has 1 aromatic heterocycles. The van der Waals surface area contributed by atoms with Gasteiger partial charge in [-0.2, -0.15) is 0 Å². The van der Waals surface area contributed by atoms with E-state index in [4.69, 9.17) is 4.74 Å². The zero-order valence-electron chi connectivity index (χ0n) is 9.86. The van der Waals surface area contributed by atoms with E-state index in [-0.39, 0.29) is 17.6 Å². The first kappa shape index (κ1) is 12.6. The van der Waals surface area contributed by atoms with Gasteiger partial charge in [-0.05, 0) is 12.0 Å². The number of hydrogen-bond donors (Lipinski definition) is 1. The van der Waals surface area contributed by atoms with Crippen molar-refractivity contribution in [1.29, 1.82) is 0 Å². The molecule has 5 heteroatoms. The number of hydrogen-bond acceptors (Lipinski definition) is 4. The van der Waals surface area contributed by atoms with Crippen LogP contribution in [0.3, 0.4) is 0 Å². The van der Waals surface area contributed by atoms with E-state index in [0.717, 1.165) is 5.69 Å². The lowest BCUT2D eigenvalue weighted by Gasteiger charge is -2.06. The maximum absolute atomic E-state index is 11.6. The van der Waals surface area contributed by atoms with E-state index in [1.165, 1.54) is 0 Å². The minimum atomic E-state index is -0.264. The normalized spacial score (nSPS) is 10.5. The second-order valence-electron chi connectivity index (χ2n) is 3.71. The van der Waals surface area contributed by atoms with Gasteiger partial charge in [0.05, 0.1) is 6.61 Å². The average Bonchev–Trinajstić information content (AvgIpc) is 2.29. The average molecular weight is 223 g/mol. The lowest BCUT2D eigenvalue weighted by Crippen LogP contribution is -2.28. The van der Waals surface area contributed by atoms with Crippen molar-refractivity contribution in [2.45, 2.75) is 19.8 Å². The standard InChI is InChI=1S/C11H17N3O2/c1-8(2)9-4-5-12-10(14-9)11(15)13-6-7-16-3/h4-5,8H,6-7H2,1-3H3,(H,13,15). The van der Waals surface area contributed by atoms with Gasteiger partial charge >= 0.3 is 0 Å². The molecule has 16 heavy (non-hydrogen) atoms. The van der Waals surface area contributed by atoms with Crippen LogP contribution < -0.4 is 5.32 Å². The Morgan fingerprint density at radius 3 is 2.94 bits per heavy atom. The molecule has 1 heterocycles. The second-order valence-corrected chi connectivity index (χ2v) is 3.71. The van der Waals surface area contributed by atoms with E-state index in [2.05, 4.69) is 15.3 Å². The monoisotopic (exact) mass is 223 g/mol. The van der Waals surface area contributed by atoms with Crippen molar-refractivity contribution < 1.29 is 9.53 Å². The Bertz CT molecular complexity index is 353. The SMILES string of the molecule is COCCNC(=O)c1nccc(C(C)C)n1. The van der Waals surface area contributed by atoms with Crippen LogP contribution in [0.4, 0.5) is 0 Å². The molecule has 0 aliphatic carbocycles. The summed E-state index contributed by atoms with van der Waals surface area (Å²) in [7, 11) is 1.59. The van der Waals surface area contributed by atoms with E-state index in [0.29, 0.717) is 13.2 Å². The summed E-state index contributed by atoms with van der Waals surface area (Å²) >= 11 is 0. The molecule has 1 rings (SSSR count). The smallest absolute Gasteiger partial charge is 0.289 e. The molecule has 1 N–H and O–H groups in total. The molecule has 0 radical (unpaired) electrons. The fraction of sp³-hybridized carbons (Fsp3) is 0.545. The number of methoxy groups -OCH3 is 1. The van der Waals surface area contributed by atoms with Gasteiger partial charge in [0, 0.05) is 25.5 Å². The molecule has 5 nitrogen and oxygen atoms in total. The minimum absolute atomic E-state index is 0.210. The van der Waals surface area contributed by atoms with Crippen LogP contribution >= 0.6 is 0 Å². The second kappa shape index (κ2) is 6.17. The highest BCUT2D eigenvalue weighted by atomic mass is 16.5. The maximum atomic E-state index is 11.6. The summed E-state index contributed by atoms with van der Waals surface area (Å²) in [6, 6.07) is 1.82. The third-order valence-corrected chi connectivity index (χ3v) is 2.06. The lowest BCUT2D eigenvalue weighted by atomic mass is 10.1.